The highest BCUT2D eigenvalue weighted by molar-refractivity contribution is 7.91. The van der Waals surface area contributed by atoms with Crippen molar-refractivity contribution in [3.8, 4) is 11.3 Å². The van der Waals surface area contributed by atoms with Crippen LogP contribution in [0.5, 0.6) is 0 Å². The van der Waals surface area contributed by atoms with Crippen molar-refractivity contribution >= 4 is 54.3 Å². The molecule has 4 rings (SSSR count). The number of anilines is 2. The maximum absolute atomic E-state index is 13.3. The highest BCUT2D eigenvalue weighted by Crippen LogP contribution is 2.45. The van der Waals surface area contributed by atoms with Crippen LogP contribution in [0.1, 0.15) is 15.4 Å². The fourth-order valence-electron chi connectivity index (χ4n) is 3.41. The van der Waals surface area contributed by atoms with Gasteiger partial charge in [0.1, 0.15) is 10.7 Å². The van der Waals surface area contributed by atoms with E-state index in [-0.39, 0.29) is 5.00 Å². The zero-order chi connectivity index (χ0) is 23.8. The summed E-state index contributed by atoms with van der Waals surface area (Å²) in [5.74, 6) is -0.942. The molecule has 174 valence electrons. The van der Waals surface area contributed by atoms with Crippen LogP contribution in [0.25, 0.3) is 11.3 Å². The third-order valence-corrected chi connectivity index (χ3v) is 8.40. The standard InChI is InChI=1S/C19H19N5O6S3/c1-11-21-14(12-5-3-2-4-6-12)17(31-11)22-16(25)13-15(24(26)27)18(23-7-9-30-10-8-23)32-19(13)33(20,28)29/h2-6H,7-10H2,1H3,(H,22,25)(H2,20,28,29). The Balaban J connectivity index is 1.81. The predicted molar refractivity (Wildman–Crippen MR) is 126 cm³/mol. The minimum atomic E-state index is -4.42. The first-order valence-electron chi connectivity index (χ1n) is 9.67. The summed E-state index contributed by atoms with van der Waals surface area (Å²) in [5, 5.41) is 21.0. The minimum absolute atomic E-state index is 0.0567. The largest absolute Gasteiger partial charge is 0.378 e. The summed E-state index contributed by atoms with van der Waals surface area (Å²) in [4.78, 5) is 30.6. The Morgan fingerprint density at radius 3 is 2.52 bits per heavy atom. The lowest BCUT2D eigenvalue weighted by Gasteiger charge is -2.26. The molecule has 0 bridgehead atoms. The van der Waals surface area contributed by atoms with Crippen LogP contribution in [0, 0.1) is 17.0 Å². The number of nitrogens with one attached hydrogen (secondary N) is 1. The smallest absolute Gasteiger partial charge is 0.317 e. The van der Waals surface area contributed by atoms with E-state index >= 15 is 0 Å². The summed E-state index contributed by atoms with van der Waals surface area (Å²) in [6.07, 6.45) is 0. The number of sulfonamides is 1. The van der Waals surface area contributed by atoms with Crippen LogP contribution in [0.2, 0.25) is 0 Å². The maximum atomic E-state index is 13.3. The molecule has 1 aliphatic rings. The lowest BCUT2D eigenvalue weighted by atomic mass is 10.1. The normalized spacial score (nSPS) is 14.3. The quantitative estimate of drug-likeness (QED) is 0.379. The van der Waals surface area contributed by atoms with Crippen molar-refractivity contribution in [2.75, 3.05) is 36.5 Å². The zero-order valence-corrected chi connectivity index (χ0v) is 19.8. The van der Waals surface area contributed by atoms with Gasteiger partial charge in [0.15, 0.2) is 14.8 Å². The molecule has 1 aromatic carbocycles. The highest BCUT2D eigenvalue weighted by Gasteiger charge is 2.39. The van der Waals surface area contributed by atoms with Crippen molar-refractivity contribution in [2.24, 2.45) is 5.14 Å². The number of aryl methyl sites for hydroxylation is 1. The molecule has 0 atom stereocenters. The molecule has 14 heteroatoms. The first-order chi connectivity index (χ1) is 15.7. The number of benzene rings is 1. The molecule has 0 saturated carbocycles. The number of thiazole rings is 1. The molecule has 11 nitrogen and oxygen atoms in total. The van der Waals surface area contributed by atoms with Gasteiger partial charge in [-0.1, -0.05) is 41.7 Å². The molecular weight excluding hydrogens is 490 g/mol. The van der Waals surface area contributed by atoms with Crippen molar-refractivity contribution in [3.05, 3.63) is 51.0 Å². The zero-order valence-electron chi connectivity index (χ0n) is 17.3. The highest BCUT2D eigenvalue weighted by atomic mass is 32.2. The van der Waals surface area contributed by atoms with Crippen molar-refractivity contribution < 1.29 is 22.9 Å². The van der Waals surface area contributed by atoms with Crippen LogP contribution in [0.15, 0.2) is 34.5 Å². The molecule has 1 aliphatic heterocycles. The van der Waals surface area contributed by atoms with Gasteiger partial charge in [-0.25, -0.2) is 18.5 Å². The van der Waals surface area contributed by atoms with Crippen LogP contribution in [-0.4, -0.2) is 50.5 Å². The van der Waals surface area contributed by atoms with E-state index in [1.165, 1.54) is 11.3 Å². The summed E-state index contributed by atoms with van der Waals surface area (Å²) in [6, 6.07) is 9.08. The van der Waals surface area contributed by atoms with Gasteiger partial charge in [0.25, 0.3) is 5.91 Å². The van der Waals surface area contributed by atoms with Crippen LogP contribution in [-0.2, 0) is 14.8 Å². The third kappa shape index (κ3) is 4.74. The average Bonchev–Trinajstić information content (AvgIpc) is 3.36. The molecule has 3 N–H and O–H groups in total. The van der Waals surface area contributed by atoms with Crippen molar-refractivity contribution in [3.63, 3.8) is 0 Å². The number of hydrogen-bond acceptors (Lipinski definition) is 10. The van der Waals surface area contributed by atoms with Gasteiger partial charge in [-0.05, 0) is 6.92 Å². The molecule has 33 heavy (non-hydrogen) atoms. The monoisotopic (exact) mass is 509 g/mol. The van der Waals surface area contributed by atoms with Crippen LogP contribution in [0.3, 0.4) is 0 Å². The van der Waals surface area contributed by atoms with E-state index in [2.05, 4.69) is 10.3 Å². The van der Waals surface area contributed by atoms with Crippen LogP contribution < -0.4 is 15.4 Å². The Labute approximate surface area is 197 Å². The number of morpholine rings is 1. The second-order valence-electron chi connectivity index (χ2n) is 7.05. The number of nitrogens with zero attached hydrogens (tertiary/aromatic N) is 3. The van der Waals surface area contributed by atoms with Gasteiger partial charge in [0, 0.05) is 18.7 Å². The number of nitro groups is 1. The van der Waals surface area contributed by atoms with Gasteiger partial charge >= 0.3 is 5.69 Å². The number of carbonyl (C=O) groups excluding carboxylic acids is 1. The van der Waals surface area contributed by atoms with E-state index in [0.717, 1.165) is 5.56 Å². The summed E-state index contributed by atoms with van der Waals surface area (Å²) in [7, 11) is -4.42. The Bertz CT molecular complexity index is 1310. The Morgan fingerprint density at radius 1 is 1.24 bits per heavy atom. The number of thiophene rings is 1. The van der Waals surface area contributed by atoms with E-state index in [1.807, 2.05) is 30.3 Å². The Morgan fingerprint density at radius 2 is 1.91 bits per heavy atom. The molecule has 0 spiro atoms. The van der Waals surface area contributed by atoms with Gasteiger partial charge < -0.3 is 15.0 Å². The molecule has 3 heterocycles. The first-order valence-corrected chi connectivity index (χ1v) is 12.9. The molecule has 1 fully saturated rings. The van der Waals surface area contributed by atoms with E-state index < -0.39 is 36.3 Å². The van der Waals surface area contributed by atoms with Gasteiger partial charge in [-0.3, -0.25) is 14.9 Å². The van der Waals surface area contributed by atoms with Crippen LogP contribution >= 0.6 is 22.7 Å². The number of amides is 1. The molecule has 0 aliphatic carbocycles. The Kier molecular flexibility index (Phi) is 6.45. The molecule has 2 aromatic heterocycles. The SMILES string of the molecule is Cc1nc(-c2ccccc2)c(NC(=O)c2c(S(N)(=O)=O)sc(N3CCOCC3)c2[N+](=O)[O-])s1. The summed E-state index contributed by atoms with van der Waals surface area (Å²) in [5.41, 5.74) is 0.0394. The number of rotatable bonds is 6. The van der Waals surface area contributed by atoms with Gasteiger partial charge in [-0.15, -0.1) is 11.3 Å². The van der Waals surface area contributed by atoms with E-state index in [9.17, 15) is 23.3 Å². The van der Waals surface area contributed by atoms with Crippen molar-refractivity contribution in [1.29, 1.82) is 0 Å². The minimum Gasteiger partial charge on any atom is -0.378 e. The maximum Gasteiger partial charge on any atom is 0.317 e. The fourth-order valence-corrected chi connectivity index (χ4v) is 6.47. The average molecular weight is 510 g/mol. The second-order valence-corrected chi connectivity index (χ2v) is 11.0. The number of nitrogens with two attached hydrogens (primary N) is 1. The second kappa shape index (κ2) is 9.15. The number of ether oxygens (including phenoxy) is 1. The van der Waals surface area contributed by atoms with Crippen molar-refractivity contribution in [1.82, 2.24) is 4.98 Å². The molecule has 1 saturated heterocycles. The number of carbonyl (C=O) groups is 1. The van der Waals surface area contributed by atoms with E-state index in [0.29, 0.717) is 53.3 Å². The third-order valence-electron chi connectivity index (χ3n) is 4.81. The fraction of sp³-hybridized carbons (Fsp3) is 0.263. The number of aromatic nitrogens is 1. The van der Waals surface area contributed by atoms with Crippen molar-refractivity contribution in [2.45, 2.75) is 11.1 Å². The van der Waals surface area contributed by atoms with Gasteiger partial charge in [0.2, 0.25) is 10.0 Å². The topological polar surface area (TPSA) is 158 Å². The number of hydrogen-bond donors (Lipinski definition) is 2. The first kappa shape index (κ1) is 23.3. The number of primary sulfonamides is 1. The Hall–Kier alpha value is -2.91. The van der Waals surface area contributed by atoms with E-state index in [4.69, 9.17) is 9.88 Å². The van der Waals surface area contributed by atoms with Gasteiger partial charge in [-0.2, -0.15) is 0 Å². The summed E-state index contributed by atoms with van der Waals surface area (Å²) < 4.78 is 29.3. The van der Waals surface area contributed by atoms with Gasteiger partial charge in [0.05, 0.1) is 23.1 Å². The summed E-state index contributed by atoms with van der Waals surface area (Å²) >= 11 is 1.79. The molecule has 3 aromatic rings. The molecule has 0 radical (unpaired) electrons. The molecular formula is C19H19N5O6S3. The molecule has 0 unspecified atom stereocenters. The van der Waals surface area contributed by atoms with Crippen LogP contribution in [0.4, 0.5) is 15.7 Å². The predicted octanol–water partition coefficient (Wildman–Crippen LogP) is 2.82. The molecule has 1 amide bonds. The lowest BCUT2D eigenvalue weighted by molar-refractivity contribution is -0.384. The lowest BCUT2D eigenvalue weighted by Crippen LogP contribution is -2.36. The van der Waals surface area contributed by atoms with E-state index in [1.54, 1.807) is 11.8 Å². The summed E-state index contributed by atoms with van der Waals surface area (Å²) in [6.45, 7) is 3.03.